The summed E-state index contributed by atoms with van der Waals surface area (Å²) in [6, 6.07) is 13.6. The van der Waals surface area contributed by atoms with Crippen LogP contribution in [0.1, 0.15) is 16.7 Å². The van der Waals surface area contributed by atoms with E-state index in [1.807, 2.05) is 31.2 Å². The highest BCUT2D eigenvalue weighted by molar-refractivity contribution is 7.89. The summed E-state index contributed by atoms with van der Waals surface area (Å²) in [7, 11) is -3.45. The maximum absolute atomic E-state index is 13.2. The van der Waals surface area contributed by atoms with Crippen LogP contribution in [-0.4, -0.2) is 79.3 Å². The molecule has 8 nitrogen and oxygen atoms in total. The second-order valence-corrected chi connectivity index (χ2v) is 10.5. The molecule has 1 aliphatic heterocycles. The van der Waals surface area contributed by atoms with E-state index in [-0.39, 0.29) is 37.0 Å². The highest BCUT2D eigenvalue weighted by Crippen LogP contribution is 2.14. The van der Waals surface area contributed by atoms with Gasteiger partial charge in [0.2, 0.25) is 15.9 Å². The Kier molecular flexibility index (Phi) is 11.0. The Balaban J connectivity index is 0.000000604. The van der Waals surface area contributed by atoms with Gasteiger partial charge in [0.05, 0.1) is 12.2 Å². The van der Waals surface area contributed by atoms with E-state index in [1.54, 1.807) is 17.0 Å². The Morgan fingerprint density at radius 3 is 2.03 bits per heavy atom. The van der Waals surface area contributed by atoms with Crippen molar-refractivity contribution in [2.75, 3.05) is 38.5 Å². The van der Waals surface area contributed by atoms with Crippen molar-refractivity contribution < 1.29 is 40.7 Å². The van der Waals surface area contributed by atoms with Gasteiger partial charge in [-0.05, 0) is 30.2 Å². The largest absolute Gasteiger partial charge is 0.490 e. The smallest absolute Gasteiger partial charge is 0.475 e. The predicted octanol–water partition coefficient (Wildman–Crippen LogP) is 2.57. The molecule has 2 aromatic carbocycles. The minimum absolute atomic E-state index is 0.0916. The number of amides is 1. The summed E-state index contributed by atoms with van der Waals surface area (Å²) < 4.78 is 71.9. The lowest BCUT2D eigenvalue weighted by molar-refractivity contribution is -0.192. The number of aryl methyl sites for hydroxylation is 1. The van der Waals surface area contributed by atoms with Gasteiger partial charge in [0.25, 0.3) is 0 Å². The number of hydrogen-bond donors (Lipinski definition) is 2. The Morgan fingerprint density at radius 1 is 1.00 bits per heavy atom. The lowest BCUT2D eigenvalue weighted by Gasteiger charge is -2.28. The highest BCUT2D eigenvalue weighted by atomic mass is 32.2. The molecule has 1 aliphatic rings. The van der Waals surface area contributed by atoms with E-state index in [9.17, 15) is 30.8 Å². The van der Waals surface area contributed by atoms with E-state index in [4.69, 9.17) is 9.90 Å². The van der Waals surface area contributed by atoms with Crippen molar-refractivity contribution in [1.82, 2.24) is 14.5 Å². The van der Waals surface area contributed by atoms with Gasteiger partial charge in [0.1, 0.15) is 5.82 Å². The topological polar surface area (TPSA) is 107 Å². The molecule has 0 bridgehead atoms. The lowest BCUT2D eigenvalue weighted by Crippen LogP contribution is -2.48. The standard InChI is InChI=1S/C22H28FN3O3S.C2HF3O2/c1-18-2-4-19(5-3-18)16-22(27)25(17-20-6-8-21(23)9-7-20)14-15-30(28,29)26-12-10-24-11-13-26;3-2(4,5)1(6)7/h2-9,24H,10-17H2,1H3;(H,6,7). The third kappa shape index (κ3) is 10.5. The monoisotopic (exact) mass is 547 g/mol. The van der Waals surface area contributed by atoms with Crippen molar-refractivity contribution in [1.29, 1.82) is 0 Å². The van der Waals surface area contributed by atoms with Gasteiger partial charge in [-0.15, -0.1) is 0 Å². The molecule has 1 amide bonds. The Hall–Kier alpha value is -3.03. The molecule has 0 spiro atoms. The molecule has 0 radical (unpaired) electrons. The van der Waals surface area contributed by atoms with E-state index in [0.717, 1.165) is 16.7 Å². The molecule has 2 N–H and O–H groups in total. The first kappa shape index (κ1) is 30.2. The minimum Gasteiger partial charge on any atom is -0.475 e. The van der Waals surface area contributed by atoms with E-state index in [1.165, 1.54) is 16.4 Å². The number of hydrogen-bond acceptors (Lipinski definition) is 5. The number of sulfonamides is 1. The maximum Gasteiger partial charge on any atom is 0.490 e. The van der Waals surface area contributed by atoms with Crippen LogP contribution in [0.5, 0.6) is 0 Å². The van der Waals surface area contributed by atoms with Crippen LogP contribution < -0.4 is 5.32 Å². The van der Waals surface area contributed by atoms with Crippen LogP contribution in [-0.2, 0) is 32.6 Å². The third-order valence-electron chi connectivity index (χ3n) is 5.45. The van der Waals surface area contributed by atoms with Gasteiger partial charge in [0.15, 0.2) is 0 Å². The zero-order valence-electron chi connectivity index (χ0n) is 20.2. The van der Waals surface area contributed by atoms with E-state index < -0.39 is 22.2 Å². The van der Waals surface area contributed by atoms with Crippen LogP contribution in [0.4, 0.5) is 17.6 Å². The molecule has 0 atom stereocenters. The van der Waals surface area contributed by atoms with Crippen LogP contribution in [0.3, 0.4) is 0 Å². The van der Waals surface area contributed by atoms with Crippen molar-refractivity contribution >= 4 is 21.9 Å². The van der Waals surface area contributed by atoms with Crippen LogP contribution in [0.2, 0.25) is 0 Å². The molecule has 0 aliphatic carbocycles. The summed E-state index contributed by atoms with van der Waals surface area (Å²) in [5.41, 5.74) is 2.74. The predicted molar refractivity (Wildman–Crippen MR) is 129 cm³/mol. The average Bonchev–Trinajstić information content (AvgIpc) is 2.84. The number of rotatable bonds is 8. The summed E-state index contributed by atoms with van der Waals surface area (Å²) in [4.78, 5) is 23.4. The number of carbonyl (C=O) groups excluding carboxylic acids is 1. The fraction of sp³-hybridized carbons (Fsp3) is 0.417. The molecule has 1 fully saturated rings. The first-order valence-electron chi connectivity index (χ1n) is 11.3. The maximum atomic E-state index is 13.2. The quantitative estimate of drug-likeness (QED) is 0.492. The van der Waals surface area contributed by atoms with Crippen molar-refractivity contribution in [3.63, 3.8) is 0 Å². The minimum atomic E-state index is -5.08. The Morgan fingerprint density at radius 2 is 1.51 bits per heavy atom. The first-order valence-corrected chi connectivity index (χ1v) is 13.0. The molecule has 0 saturated carbocycles. The number of nitrogens with one attached hydrogen (secondary N) is 1. The van der Waals surface area contributed by atoms with E-state index in [2.05, 4.69) is 5.32 Å². The van der Waals surface area contributed by atoms with E-state index >= 15 is 0 Å². The number of alkyl halides is 3. The summed E-state index contributed by atoms with van der Waals surface area (Å²) in [5, 5.41) is 10.3. The molecule has 2 aromatic rings. The lowest BCUT2D eigenvalue weighted by atomic mass is 10.1. The third-order valence-corrected chi connectivity index (χ3v) is 7.30. The molecule has 0 unspecified atom stereocenters. The average molecular weight is 548 g/mol. The van der Waals surface area contributed by atoms with Gasteiger partial charge in [-0.25, -0.2) is 17.6 Å². The number of carboxylic acid groups (broad SMARTS) is 1. The van der Waals surface area contributed by atoms with Crippen molar-refractivity contribution in [3.8, 4) is 0 Å². The molecule has 1 saturated heterocycles. The summed E-state index contributed by atoms with van der Waals surface area (Å²) >= 11 is 0. The normalized spacial score (nSPS) is 14.4. The summed E-state index contributed by atoms with van der Waals surface area (Å²) in [5.74, 6) is -3.39. The van der Waals surface area contributed by atoms with Gasteiger partial charge >= 0.3 is 12.1 Å². The SMILES string of the molecule is Cc1ccc(CC(=O)N(CCS(=O)(=O)N2CCNCC2)Cc2ccc(F)cc2)cc1.O=C(O)C(F)(F)F. The molecule has 1 heterocycles. The van der Waals surface area contributed by atoms with Gasteiger partial charge in [0, 0.05) is 39.3 Å². The zero-order valence-corrected chi connectivity index (χ0v) is 21.0. The highest BCUT2D eigenvalue weighted by Gasteiger charge is 2.38. The zero-order chi connectivity index (χ0) is 27.6. The first-order chi connectivity index (χ1) is 17.3. The molecular formula is C24H29F4N3O5S. The number of aliphatic carboxylic acids is 1. The summed E-state index contributed by atoms with van der Waals surface area (Å²) in [6.07, 6.45) is -4.89. The second-order valence-electron chi connectivity index (χ2n) is 8.37. The van der Waals surface area contributed by atoms with Crippen LogP contribution >= 0.6 is 0 Å². The number of carbonyl (C=O) groups is 2. The molecule has 204 valence electrons. The summed E-state index contributed by atoms with van der Waals surface area (Å²) in [6.45, 7) is 4.45. The molecular weight excluding hydrogens is 518 g/mol. The number of nitrogens with zero attached hydrogens (tertiary/aromatic N) is 2. The molecule has 13 heteroatoms. The number of piperazine rings is 1. The molecule has 0 aromatic heterocycles. The molecule has 37 heavy (non-hydrogen) atoms. The Labute approximate surface area is 212 Å². The van der Waals surface area contributed by atoms with Crippen molar-refractivity contribution in [3.05, 3.63) is 71.0 Å². The van der Waals surface area contributed by atoms with E-state index in [0.29, 0.717) is 26.2 Å². The fourth-order valence-corrected chi connectivity index (χ4v) is 4.82. The van der Waals surface area contributed by atoms with Gasteiger partial charge in [-0.3, -0.25) is 4.79 Å². The van der Waals surface area contributed by atoms with Gasteiger partial charge in [-0.2, -0.15) is 17.5 Å². The fourth-order valence-electron chi connectivity index (χ4n) is 3.37. The second kappa shape index (κ2) is 13.5. The number of halogens is 4. The number of carboxylic acids is 1. The number of benzene rings is 2. The van der Waals surface area contributed by atoms with Crippen LogP contribution in [0, 0.1) is 12.7 Å². The van der Waals surface area contributed by atoms with Crippen LogP contribution in [0.25, 0.3) is 0 Å². The van der Waals surface area contributed by atoms with Crippen molar-refractivity contribution in [2.45, 2.75) is 26.1 Å². The Bertz CT molecular complexity index is 1130. The van der Waals surface area contributed by atoms with Gasteiger partial charge < -0.3 is 15.3 Å². The molecule has 3 rings (SSSR count). The van der Waals surface area contributed by atoms with Crippen LogP contribution in [0.15, 0.2) is 48.5 Å². The van der Waals surface area contributed by atoms with Crippen molar-refractivity contribution in [2.24, 2.45) is 0 Å². The van der Waals surface area contributed by atoms with Gasteiger partial charge in [-0.1, -0.05) is 42.0 Å².